The van der Waals surface area contributed by atoms with E-state index in [4.69, 9.17) is 16.3 Å². The van der Waals surface area contributed by atoms with Gasteiger partial charge in [-0.25, -0.2) is 8.42 Å². The zero-order valence-electron chi connectivity index (χ0n) is 26.4. The maximum Gasteiger partial charge on any atom is 0.264 e. The van der Waals surface area contributed by atoms with Crippen LogP contribution in [0.15, 0.2) is 108 Å². The Hall–Kier alpha value is -4.34. The molecule has 0 saturated heterocycles. The van der Waals surface area contributed by atoms with Gasteiger partial charge >= 0.3 is 0 Å². The van der Waals surface area contributed by atoms with Crippen LogP contribution in [0.3, 0.4) is 0 Å². The van der Waals surface area contributed by atoms with E-state index in [9.17, 15) is 18.0 Å². The first kappa shape index (κ1) is 34.5. The van der Waals surface area contributed by atoms with Gasteiger partial charge in [0, 0.05) is 24.5 Å². The minimum Gasteiger partial charge on any atom is -0.497 e. The molecule has 1 N–H and O–H groups in total. The Morgan fingerprint density at radius 2 is 1.59 bits per heavy atom. The van der Waals surface area contributed by atoms with Gasteiger partial charge in [-0.3, -0.25) is 13.9 Å². The van der Waals surface area contributed by atoms with Crippen LogP contribution in [0.1, 0.15) is 36.5 Å². The molecule has 242 valence electrons. The summed E-state index contributed by atoms with van der Waals surface area (Å²) in [6.07, 6.45) is 1.91. The SMILES string of the molecule is CCCCNC(=O)[C@@H](Cc1ccccc1)N(Cc1cccc(OC)c1)C(=O)CN(c1cccc(Cl)c1)S(=O)(=O)c1ccc(C)cc1. The van der Waals surface area contributed by atoms with E-state index in [0.29, 0.717) is 17.3 Å². The van der Waals surface area contributed by atoms with Crippen molar-refractivity contribution in [2.45, 2.75) is 50.6 Å². The van der Waals surface area contributed by atoms with E-state index in [0.717, 1.165) is 33.8 Å². The number of unbranched alkanes of at least 4 members (excludes halogenated alkanes) is 1. The van der Waals surface area contributed by atoms with E-state index in [1.165, 1.54) is 23.1 Å². The summed E-state index contributed by atoms with van der Waals surface area (Å²) in [5.41, 5.74) is 2.71. The van der Waals surface area contributed by atoms with Crippen molar-refractivity contribution in [2.75, 3.05) is 24.5 Å². The molecule has 0 aliphatic carbocycles. The summed E-state index contributed by atoms with van der Waals surface area (Å²) >= 11 is 6.30. The van der Waals surface area contributed by atoms with Gasteiger partial charge in [0.2, 0.25) is 11.8 Å². The second kappa shape index (κ2) is 16.3. The zero-order valence-corrected chi connectivity index (χ0v) is 27.9. The fourth-order valence-corrected chi connectivity index (χ4v) is 6.62. The van der Waals surface area contributed by atoms with Crippen LogP contribution in [-0.4, -0.2) is 51.4 Å². The van der Waals surface area contributed by atoms with Gasteiger partial charge in [0.1, 0.15) is 18.3 Å². The lowest BCUT2D eigenvalue weighted by molar-refractivity contribution is -0.140. The number of nitrogens with zero attached hydrogens (tertiary/aromatic N) is 2. The molecule has 0 spiro atoms. The number of nitrogens with one attached hydrogen (secondary N) is 1. The van der Waals surface area contributed by atoms with Crippen LogP contribution in [0, 0.1) is 6.92 Å². The minimum absolute atomic E-state index is 0.0309. The number of halogens is 1. The number of ether oxygens (including phenoxy) is 1. The van der Waals surface area contributed by atoms with E-state index < -0.39 is 28.5 Å². The maximum absolute atomic E-state index is 14.5. The molecule has 8 nitrogen and oxygen atoms in total. The third kappa shape index (κ3) is 9.11. The highest BCUT2D eigenvalue weighted by Gasteiger charge is 2.34. The molecule has 0 aliphatic rings. The van der Waals surface area contributed by atoms with Crippen LogP contribution in [-0.2, 0) is 32.6 Å². The number of sulfonamides is 1. The van der Waals surface area contributed by atoms with Crippen LogP contribution >= 0.6 is 11.6 Å². The fraction of sp³-hybridized carbons (Fsp3) is 0.278. The highest BCUT2D eigenvalue weighted by molar-refractivity contribution is 7.92. The molecule has 1 atom stereocenters. The number of amides is 2. The molecule has 0 aliphatic heterocycles. The number of hydrogen-bond donors (Lipinski definition) is 1. The number of benzene rings is 4. The molecule has 10 heteroatoms. The van der Waals surface area contributed by atoms with Crippen LogP contribution in [0.5, 0.6) is 5.75 Å². The Labute approximate surface area is 277 Å². The van der Waals surface area contributed by atoms with Crippen molar-refractivity contribution in [2.24, 2.45) is 0 Å². The molecule has 4 rings (SSSR count). The maximum atomic E-state index is 14.5. The molecule has 0 bridgehead atoms. The van der Waals surface area contributed by atoms with E-state index in [-0.39, 0.29) is 29.5 Å². The molecule has 2 amide bonds. The van der Waals surface area contributed by atoms with Crippen LogP contribution < -0.4 is 14.4 Å². The van der Waals surface area contributed by atoms with Crippen molar-refractivity contribution in [1.29, 1.82) is 0 Å². The van der Waals surface area contributed by atoms with E-state index in [1.54, 1.807) is 49.6 Å². The van der Waals surface area contributed by atoms with Crippen molar-refractivity contribution >= 4 is 39.1 Å². The van der Waals surface area contributed by atoms with Crippen LogP contribution in [0.2, 0.25) is 5.02 Å². The lowest BCUT2D eigenvalue weighted by Gasteiger charge is -2.34. The lowest BCUT2D eigenvalue weighted by atomic mass is 10.0. The topological polar surface area (TPSA) is 96.0 Å². The molecule has 0 fully saturated rings. The molecule has 0 aromatic heterocycles. The molecule has 46 heavy (non-hydrogen) atoms. The quantitative estimate of drug-likeness (QED) is 0.149. The van der Waals surface area contributed by atoms with Crippen LogP contribution in [0.4, 0.5) is 5.69 Å². The van der Waals surface area contributed by atoms with Gasteiger partial charge in [0.05, 0.1) is 17.7 Å². The zero-order chi connectivity index (χ0) is 33.1. The molecule has 0 heterocycles. The predicted molar refractivity (Wildman–Crippen MR) is 183 cm³/mol. The van der Waals surface area contributed by atoms with E-state index in [1.807, 2.05) is 56.3 Å². The molecular weight excluding hydrogens is 622 g/mol. The summed E-state index contributed by atoms with van der Waals surface area (Å²) in [5, 5.41) is 3.31. The van der Waals surface area contributed by atoms with Gasteiger partial charge in [-0.15, -0.1) is 0 Å². The highest BCUT2D eigenvalue weighted by Crippen LogP contribution is 2.27. The third-order valence-corrected chi connectivity index (χ3v) is 9.59. The third-order valence-electron chi connectivity index (χ3n) is 7.57. The largest absolute Gasteiger partial charge is 0.497 e. The number of anilines is 1. The number of hydrogen-bond acceptors (Lipinski definition) is 5. The Morgan fingerprint density at radius 1 is 0.891 bits per heavy atom. The monoisotopic (exact) mass is 661 g/mol. The van der Waals surface area contributed by atoms with Gasteiger partial charge in [-0.1, -0.05) is 91.2 Å². The minimum atomic E-state index is -4.22. The summed E-state index contributed by atoms with van der Waals surface area (Å²) in [6.45, 7) is 3.84. The Morgan fingerprint density at radius 3 is 2.26 bits per heavy atom. The normalized spacial score (nSPS) is 11.8. The molecule has 4 aromatic rings. The number of carbonyl (C=O) groups is 2. The van der Waals surface area contributed by atoms with Crippen molar-refractivity contribution in [3.05, 3.63) is 125 Å². The Kier molecular flexibility index (Phi) is 12.2. The lowest BCUT2D eigenvalue weighted by Crippen LogP contribution is -2.53. The first-order valence-electron chi connectivity index (χ1n) is 15.2. The molecule has 4 aromatic carbocycles. The van der Waals surface area contributed by atoms with Crippen molar-refractivity contribution in [3.63, 3.8) is 0 Å². The van der Waals surface area contributed by atoms with Crippen molar-refractivity contribution in [1.82, 2.24) is 10.2 Å². The molecule has 0 radical (unpaired) electrons. The second-order valence-electron chi connectivity index (χ2n) is 11.0. The van der Waals surface area contributed by atoms with Crippen molar-refractivity contribution in [3.8, 4) is 5.75 Å². The Bertz CT molecular complexity index is 1720. The molecule has 0 unspecified atom stereocenters. The summed E-state index contributed by atoms with van der Waals surface area (Å²) in [4.78, 5) is 29.9. The fourth-order valence-electron chi connectivity index (χ4n) is 5.03. The average molecular weight is 662 g/mol. The first-order valence-corrected chi connectivity index (χ1v) is 17.0. The smallest absolute Gasteiger partial charge is 0.264 e. The standard InChI is InChI=1S/C36H40ClN3O5S/c1-4-5-21-38-36(42)34(23-28-11-7-6-8-12-28)39(25-29-13-9-16-32(22-29)45-3)35(41)26-40(31-15-10-14-30(37)24-31)46(43,44)33-19-17-27(2)18-20-33/h6-20,22,24,34H,4-5,21,23,25-26H2,1-3H3,(H,38,42)/t34-/m1/s1. The average Bonchev–Trinajstić information content (AvgIpc) is 3.05. The van der Waals surface area contributed by atoms with Gasteiger partial charge in [-0.05, 0) is 66.9 Å². The highest BCUT2D eigenvalue weighted by atomic mass is 35.5. The number of aryl methyl sites for hydroxylation is 1. The summed E-state index contributed by atoms with van der Waals surface area (Å²) in [6, 6.07) is 28.6. The Balaban J connectivity index is 1.80. The van der Waals surface area contributed by atoms with Crippen molar-refractivity contribution < 1.29 is 22.7 Å². The van der Waals surface area contributed by atoms with Gasteiger partial charge in [0.15, 0.2) is 0 Å². The van der Waals surface area contributed by atoms with Gasteiger partial charge in [0.25, 0.3) is 10.0 Å². The first-order chi connectivity index (χ1) is 22.1. The van der Waals surface area contributed by atoms with Gasteiger partial charge < -0.3 is 15.0 Å². The van der Waals surface area contributed by atoms with Crippen LogP contribution in [0.25, 0.3) is 0 Å². The number of rotatable bonds is 15. The number of methoxy groups -OCH3 is 1. The summed E-state index contributed by atoms with van der Waals surface area (Å²) in [7, 11) is -2.66. The second-order valence-corrected chi connectivity index (χ2v) is 13.3. The van der Waals surface area contributed by atoms with Gasteiger partial charge in [-0.2, -0.15) is 0 Å². The van der Waals surface area contributed by atoms with E-state index >= 15 is 0 Å². The summed E-state index contributed by atoms with van der Waals surface area (Å²) < 4.78 is 34.8. The molecular formula is C36H40ClN3O5S. The predicted octanol–water partition coefficient (Wildman–Crippen LogP) is 6.41. The number of carbonyl (C=O) groups excluding carboxylic acids is 2. The summed E-state index contributed by atoms with van der Waals surface area (Å²) in [5.74, 6) is -0.270. The molecule has 0 saturated carbocycles. The van der Waals surface area contributed by atoms with E-state index in [2.05, 4.69) is 5.32 Å².